The Morgan fingerprint density at radius 3 is 3.40 bits per heavy atom. The molecular weight excluding hydrogens is 130 g/mol. The van der Waals surface area contributed by atoms with E-state index >= 15 is 0 Å². The predicted octanol–water partition coefficient (Wildman–Crippen LogP) is -1.27. The van der Waals surface area contributed by atoms with Gasteiger partial charge in [-0.15, -0.1) is 0 Å². The van der Waals surface area contributed by atoms with Crippen molar-refractivity contribution in [2.75, 3.05) is 13.1 Å². The average Bonchev–Trinajstić information content (AvgIpc) is 2.36. The summed E-state index contributed by atoms with van der Waals surface area (Å²) in [5.74, 6) is 0.270. The zero-order valence-electron chi connectivity index (χ0n) is 5.50. The van der Waals surface area contributed by atoms with Gasteiger partial charge in [0.1, 0.15) is 0 Å². The highest BCUT2D eigenvalue weighted by Crippen LogP contribution is 2.11. The molecule has 2 unspecified atom stereocenters. The molecule has 4 nitrogen and oxygen atoms in total. The van der Waals surface area contributed by atoms with E-state index in [1.807, 2.05) is 0 Å². The van der Waals surface area contributed by atoms with Crippen LogP contribution in [0.15, 0.2) is 4.99 Å². The van der Waals surface area contributed by atoms with Crippen LogP contribution in [0.1, 0.15) is 0 Å². The predicted molar refractivity (Wildman–Crippen MR) is 36.8 cm³/mol. The summed E-state index contributed by atoms with van der Waals surface area (Å²) in [5, 5.41) is 0. The molecule has 2 rings (SSSR count). The summed E-state index contributed by atoms with van der Waals surface area (Å²) in [6.07, 6.45) is 1.44. The van der Waals surface area contributed by atoms with E-state index in [-0.39, 0.29) is 17.7 Å². The molecule has 2 aliphatic rings. The zero-order valence-corrected chi connectivity index (χ0v) is 5.50. The van der Waals surface area contributed by atoms with Crippen molar-refractivity contribution in [1.29, 1.82) is 0 Å². The van der Waals surface area contributed by atoms with E-state index in [2.05, 4.69) is 15.8 Å². The third-order valence-corrected chi connectivity index (χ3v) is 1.98. The number of rotatable bonds is 0. The van der Waals surface area contributed by atoms with E-state index in [1.54, 1.807) is 0 Å². The van der Waals surface area contributed by atoms with E-state index < -0.39 is 0 Å². The van der Waals surface area contributed by atoms with Crippen LogP contribution in [0.5, 0.6) is 0 Å². The molecule has 0 spiro atoms. The molecule has 2 heterocycles. The largest absolute Gasteiger partial charge is 0.293 e. The number of fused-ring (bicyclic) bond motifs is 1. The molecule has 1 saturated heterocycles. The molecule has 0 amide bonds. The van der Waals surface area contributed by atoms with Crippen LogP contribution in [0.25, 0.3) is 0 Å². The lowest BCUT2D eigenvalue weighted by atomic mass is 9.96. The molecule has 1 fully saturated rings. The molecule has 0 aromatic carbocycles. The fourth-order valence-corrected chi connectivity index (χ4v) is 1.37. The van der Waals surface area contributed by atoms with Crippen molar-refractivity contribution < 1.29 is 4.79 Å². The fraction of sp³-hybridized carbons (Fsp3) is 0.667. The number of nitrogens with zero attached hydrogens (tertiary/aromatic N) is 1. The van der Waals surface area contributed by atoms with Gasteiger partial charge in [-0.25, -0.2) is 0 Å². The number of carbonyl (C=O) groups is 1. The Bertz CT molecular complexity index is 189. The summed E-state index contributed by atoms with van der Waals surface area (Å²) < 4.78 is 0. The molecule has 0 saturated carbocycles. The molecule has 2 atom stereocenters. The highest BCUT2D eigenvalue weighted by molar-refractivity contribution is 6.29. The number of aliphatic imine (C=N–C) groups is 1. The average molecular weight is 139 g/mol. The van der Waals surface area contributed by atoms with Gasteiger partial charge in [-0.2, -0.15) is 0 Å². The van der Waals surface area contributed by atoms with Crippen molar-refractivity contribution in [2.24, 2.45) is 10.9 Å². The summed E-state index contributed by atoms with van der Waals surface area (Å²) in [5.41, 5.74) is 5.95. The maximum absolute atomic E-state index is 11.0. The Balaban J connectivity index is 2.20. The van der Waals surface area contributed by atoms with Gasteiger partial charge in [0.25, 0.3) is 0 Å². The number of Topliss-reactive ketones (excluding diaryl/α,β-unsaturated/α-hetero) is 1. The number of nitrogens with one attached hydrogen (secondary N) is 2. The standard InChI is InChI=1S/C6H9N3O/c10-6-3-7-2-5-4(6)1-8-9-5/h3-5,8-9H,1-2H2. The van der Waals surface area contributed by atoms with Crippen molar-refractivity contribution >= 4 is 12.0 Å². The van der Waals surface area contributed by atoms with Crippen LogP contribution in [0.3, 0.4) is 0 Å². The zero-order chi connectivity index (χ0) is 6.97. The van der Waals surface area contributed by atoms with E-state index in [0.717, 1.165) is 13.1 Å². The summed E-state index contributed by atoms with van der Waals surface area (Å²) in [4.78, 5) is 15.0. The summed E-state index contributed by atoms with van der Waals surface area (Å²) in [7, 11) is 0. The van der Waals surface area contributed by atoms with Crippen LogP contribution in [0.2, 0.25) is 0 Å². The highest BCUT2D eigenvalue weighted by atomic mass is 16.1. The molecule has 54 valence electrons. The van der Waals surface area contributed by atoms with Gasteiger partial charge in [0.05, 0.1) is 24.7 Å². The van der Waals surface area contributed by atoms with Crippen molar-refractivity contribution in [2.45, 2.75) is 6.04 Å². The molecule has 0 aliphatic carbocycles. The number of ketones is 1. The molecule has 0 aromatic heterocycles. The molecule has 0 bridgehead atoms. The van der Waals surface area contributed by atoms with Crippen molar-refractivity contribution in [3.8, 4) is 0 Å². The van der Waals surface area contributed by atoms with Crippen molar-refractivity contribution in [3.05, 3.63) is 0 Å². The first kappa shape index (κ1) is 6.00. The minimum atomic E-state index is 0.123. The molecular formula is C6H9N3O. The highest BCUT2D eigenvalue weighted by Gasteiger charge is 2.33. The van der Waals surface area contributed by atoms with Gasteiger partial charge in [0.15, 0.2) is 5.78 Å². The van der Waals surface area contributed by atoms with Crippen molar-refractivity contribution in [1.82, 2.24) is 10.9 Å². The van der Waals surface area contributed by atoms with E-state index in [0.29, 0.717) is 0 Å². The monoisotopic (exact) mass is 139 g/mol. The second-order valence-electron chi connectivity index (χ2n) is 2.63. The minimum Gasteiger partial charge on any atom is -0.293 e. The first-order chi connectivity index (χ1) is 4.88. The summed E-state index contributed by atoms with van der Waals surface area (Å²) in [6.45, 7) is 1.47. The number of carbonyl (C=O) groups excluding carboxylic acids is 1. The van der Waals surface area contributed by atoms with Gasteiger partial charge in [-0.3, -0.25) is 20.6 Å². The van der Waals surface area contributed by atoms with Crippen LogP contribution in [-0.2, 0) is 4.79 Å². The van der Waals surface area contributed by atoms with Crippen LogP contribution >= 0.6 is 0 Å². The smallest absolute Gasteiger partial charge is 0.179 e. The quantitative estimate of drug-likeness (QED) is 0.440. The topological polar surface area (TPSA) is 53.5 Å². The van der Waals surface area contributed by atoms with Crippen LogP contribution < -0.4 is 10.9 Å². The molecule has 2 aliphatic heterocycles. The molecule has 4 heteroatoms. The third kappa shape index (κ3) is 0.767. The van der Waals surface area contributed by atoms with Gasteiger partial charge in [-0.1, -0.05) is 0 Å². The Morgan fingerprint density at radius 2 is 2.60 bits per heavy atom. The lowest BCUT2D eigenvalue weighted by molar-refractivity contribution is -0.116. The Hall–Kier alpha value is -0.740. The summed E-state index contributed by atoms with van der Waals surface area (Å²) in [6, 6.07) is 0.234. The van der Waals surface area contributed by atoms with E-state index in [4.69, 9.17) is 0 Å². The van der Waals surface area contributed by atoms with Crippen LogP contribution in [-0.4, -0.2) is 31.1 Å². The summed E-state index contributed by atoms with van der Waals surface area (Å²) >= 11 is 0. The molecule has 2 N–H and O–H groups in total. The van der Waals surface area contributed by atoms with Gasteiger partial charge in [0.2, 0.25) is 0 Å². The van der Waals surface area contributed by atoms with Crippen LogP contribution in [0, 0.1) is 5.92 Å². The number of hydrogen-bond acceptors (Lipinski definition) is 4. The second kappa shape index (κ2) is 2.14. The van der Waals surface area contributed by atoms with Gasteiger partial charge in [-0.05, 0) is 0 Å². The van der Waals surface area contributed by atoms with E-state index in [1.165, 1.54) is 6.21 Å². The van der Waals surface area contributed by atoms with Crippen LogP contribution in [0.4, 0.5) is 0 Å². The Morgan fingerprint density at radius 1 is 1.70 bits per heavy atom. The number of hydrogen-bond donors (Lipinski definition) is 2. The van der Waals surface area contributed by atoms with Gasteiger partial charge in [0, 0.05) is 6.54 Å². The fourth-order valence-electron chi connectivity index (χ4n) is 1.37. The maximum Gasteiger partial charge on any atom is 0.179 e. The lowest BCUT2D eigenvalue weighted by Gasteiger charge is -2.16. The third-order valence-electron chi connectivity index (χ3n) is 1.98. The number of hydrazine groups is 1. The SMILES string of the molecule is O=C1C=NCC2NNCC12. The first-order valence-electron chi connectivity index (χ1n) is 3.40. The second-order valence-corrected chi connectivity index (χ2v) is 2.63. The van der Waals surface area contributed by atoms with Gasteiger partial charge >= 0.3 is 0 Å². The van der Waals surface area contributed by atoms with Gasteiger partial charge < -0.3 is 0 Å². The maximum atomic E-state index is 11.0. The molecule has 0 radical (unpaired) electrons. The first-order valence-corrected chi connectivity index (χ1v) is 3.40. The minimum absolute atomic E-state index is 0.123. The normalized spacial score (nSPS) is 38.2. The van der Waals surface area contributed by atoms with E-state index in [9.17, 15) is 4.79 Å². The lowest BCUT2D eigenvalue weighted by Crippen LogP contribution is -2.39. The molecule has 0 aromatic rings. The molecule has 10 heavy (non-hydrogen) atoms. The van der Waals surface area contributed by atoms with Crippen molar-refractivity contribution in [3.63, 3.8) is 0 Å². The Kier molecular flexibility index (Phi) is 1.28. The Labute approximate surface area is 58.7 Å².